The van der Waals surface area contributed by atoms with Crippen LogP contribution in [0, 0.1) is 5.82 Å². The first kappa shape index (κ1) is 21.2. The van der Waals surface area contributed by atoms with Gasteiger partial charge in [-0.25, -0.2) is 12.8 Å². The van der Waals surface area contributed by atoms with E-state index in [0.717, 1.165) is 11.1 Å². The second-order valence-corrected chi connectivity index (χ2v) is 10.5. The van der Waals surface area contributed by atoms with E-state index < -0.39 is 15.8 Å². The monoisotopic (exact) mass is 424 g/mol. The Morgan fingerprint density at radius 3 is 2.14 bits per heavy atom. The minimum Gasteiger partial charge on any atom is -0.296 e. The normalized spacial score (nSPS) is 17.0. The quantitative estimate of drug-likeness (QED) is 0.735. The molecule has 1 saturated heterocycles. The summed E-state index contributed by atoms with van der Waals surface area (Å²) in [5.41, 5.74) is 2.01. The van der Waals surface area contributed by atoms with Crippen LogP contribution in [-0.2, 0) is 22.0 Å². The summed E-state index contributed by atoms with van der Waals surface area (Å²) in [7, 11) is -3.50. The predicted molar refractivity (Wildman–Crippen MR) is 111 cm³/mol. The molecule has 0 radical (unpaired) electrons. The summed E-state index contributed by atoms with van der Waals surface area (Å²) < 4.78 is 40.7. The molecular weight excluding hydrogens is 399 g/mol. The highest BCUT2D eigenvalue weighted by molar-refractivity contribution is 7.89. The standard InChI is InChI=1S/C21H26ClFN2O2S/c1-21(2,3)17-5-7-18(8-6-17)28(26,27)25-12-10-24(11-13-25)15-16-4-9-20(23)19(22)14-16/h4-9,14H,10-13,15H2,1-3H3. The highest BCUT2D eigenvalue weighted by atomic mass is 35.5. The van der Waals surface area contributed by atoms with Crippen molar-refractivity contribution >= 4 is 21.6 Å². The van der Waals surface area contributed by atoms with Crippen LogP contribution in [0.25, 0.3) is 0 Å². The predicted octanol–water partition coefficient (Wildman–Crippen LogP) is 4.28. The number of benzene rings is 2. The highest BCUT2D eigenvalue weighted by Gasteiger charge is 2.28. The number of rotatable bonds is 4. The van der Waals surface area contributed by atoms with Gasteiger partial charge in [0.05, 0.1) is 9.92 Å². The van der Waals surface area contributed by atoms with E-state index >= 15 is 0 Å². The van der Waals surface area contributed by atoms with Gasteiger partial charge in [-0.2, -0.15) is 4.31 Å². The molecule has 152 valence electrons. The second-order valence-electron chi connectivity index (χ2n) is 8.20. The van der Waals surface area contributed by atoms with E-state index in [1.807, 2.05) is 12.1 Å². The Morgan fingerprint density at radius 2 is 1.61 bits per heavy atom. The molecule has 0 saturated carbocycles. The molecule has 0 unspecified atom stereocenters. The molecule has 2 aromatic carbocycles. The summed E-state index contributed by atoms with van der Waals surface area (Å²) in [4.78, 5) is 2.48. The zero-order valence-corrected chi connectivity index (χ0v) is 18.0. The van der Waals surface area contributed by atoms with E-state index in [4.69, 9.17) is 11.6 Å². The van der Waals surface area contributed by atoms with Crippen molar-refractivity contribution in [3.8, 4) is 0 Å². The maximum absolute atomic E-state index is 13.3. The lowest BCUT2D eigenvalue weighted by atomic mass is 9.87. The number of nitrogens with zero attached hydrogens (tertiary/aromatic N) is 2. The lowest BCUT2D eigenvalue weighted by Gasteiger charge is -2.34. The van der Waals surface area contributed by atoms with Crippen LogP contribution in [0.5, 0.6) is 0 Å². The van der Waals surface area contributed by atoms with Crippen molar-refractivity contribution in [2.45, 2.75) is 37.6 Å². The summed E-state index contributed by atoms with van der Waals surface area (Å²) in [6.07, 6.45) is 0. The third kappa shape index (κ3) is 4.74. The van der Waals surface area contributed by atoms with Gasteiger partial charge in [0, 0.05) is 32.7 Å². The number of halogens is 2. The van der Waals surface area contributed by atoms with Crippen LogP contribution in [0.4, 0.5) is 4.39 Å². The molecular formula is C21H26ClFN2O2S. The van der Waals surface area contributed by atoms with Crippen LogP contribution in [0.1, 0.15) is 31.9 Å². The van der Waals surface area contributed by atoms with Crippen molar-refractivity contribution in [1.29, 1.82) is 0 Å². The Hall–Kier alpha value is -1.47. The molecule has 7 heteroatoms. The van der Waals surface area contributed by atoms with E-state index in [0.29, 0.717) is 37.6 Å². The Balaban J connectivity index is 1.64. The number of hydrogen-bond donors (Lipinski definition) is 0. The van der Waals surface area contributed by atoms with Crippen LogP contribution in [-0.4, -0.2) is 43.8 Å². The van der Waals surface area contributed by atoms with Crippen molar-refractivity contribution < 1.29 is 12.8 Å². The van der Waals surface area contributed by atoms with Gasteiger partial charge in [0.1, 0.15) is 5.82 Å². The van der Waals surface area contributed by atoms with Gasteiger partial charge in [0.2, 0.25) is 10.0 Å². The van der Waals surface area contributed by atoms with Gasteiger partial charge < -0.3 is 0 Å². The van der Waals surface area contributed by atoms with E-state index in [2.05, 4.69) is 25.7 Å². The molecule has 0 bridgehead atoms. The first-order chi connectivity index (χ1) is 13.1. The molecule has 1 fully saturated rings. The molecule has 2 aromatic rings. The molecule has 28 heavy (non-hydrogen) atoms. The van der Waals surface area contributed by atoms with Gasteiger partial charge in [-0.1, -0.05) is 50.6 Å². The SMILES string of the molecule is CC(C)(C)c1ccc(S(=O)(=O)N2CCN(Cc3ccc(F)c(Cl)c3)CC2)cc1. The zero-order valence-electron chi connectivity index (χ0n) is 16.5. The summed E-state index contributed by atoms with van der Waals surface area (Å²) in [5, 5.41) is 0.109. The number of piperazine rings is 1. The molecule has 3 rings (SSSR count). The van der Waals surface area contributed by atoms with E-state index in [-0.39, 0.29) is 10.4 Å². The molecule has 0 atom stereocenters. The largest absolute Gasteiger partial charge is 0.296 e. The molecule has 0 spiro atoms. The fraction of sp³-hybridized carbons (Fsp3) is 0.429. The minimum atomic E-state index is -3.50. The molecule has 0 amide bonds. The van der Waals surface area contributed by atoms with Gasteiger partial charge in [-0.3, -0.25) is 4.90 Å². The lowest BCUT2D eigenvalue weighted by Crippen LogP contribution is -2.48. The van der Waals surface area contributed by atoms with Gasteiger partial charge in [-0.05, 0) is 40.8 Å². The Kier molecular flexibility index (Phi) is 6.15. The van der Waals surface area contributed by atoms with Crippen LogP contribution in [0.15, 0.2) is 47.4 Å². The summed E-state index contributed by atoms with van der Waals surface area (Å²) in [6.45, 7) is 9.02. The lowest BCUT2D eigenvalue weighted by molar-refractivity contribution is 0.181. The van der Waals surface area contributed by atoms with Crippen LogP contribution < -0.4 is 0 Å². The third-order valence-electron chi connectivity index (χ3n) is 5.08. The van der Waals surface area contributed by atoms with E-state index in [1.165, 1.54) is 10.4 Å². The first-order valence-electron chi connectivity index (χ1n) is 9.34. The van der Waals surface area contributed by atoms with E-state index in [9.17, 15) is 12.8 Å². The molecule has 1 aliphatic heterocycles. The Labute approximate surface area is 172 Å². The summed E-state index contributed by atoms with van der Waals surface area (Å²) in [6, 6.07) is 11.9. The molecule has 4 nitrogen and oxygen atoms in total. The van der Waals surface area contributed by atoms with Crippen molar-refractivity contribution in [2.24, 2.45) is 0 Å². The highest BCUT2D eigenvalue weighted by Crippen LogP contribution is 2.25. The molecule has 0 N–H and O–H groups in total. The van der Waals surface area contributed by atoms with E-state index in [1.54, 1.807) is 24.3 Å². The molecule has 0 aromatic heterocycles. The molecule has 1 heterocycles. The second kappa shape index (κ2) is 8.11. The minimum absolute atomic E-state index is 0.0167. The molecule has 1 aliphatic rings. The smallest absolute Gasteiger partial charge is 0.243 e. The van der Waals surface area contributed by atoms with Crippen LogP contribution in [0.2, 0.25) is 5.02 Å². The maximum Gasteiger partial charge on any atom is 0.243 e. The van der Waals surface area contributed by atoms with Gasteiger partial charge in [0.15, 0.2) is 0 Å². The van der Waals surface area contributed by atoms with Crippen LogP contribution in [0.3, 0.4) is 0 Å². The van der Waals surface area contributed by atoms with Gasteiger partial charge in [-0.15, -0.1) is 0 Å². The topological polar surface area (TPSA) is 40.6 Å². The average Bonchev–Trinajstić information content (AvgIpc) is 2.65. The summed E-state index contributed by atoms with van der Waals surface area (Å²) in [5.74, 6) is -0.432. The maximum atomic E-state index is 13.3. The Morgan fingerprint density at radius 1 is 1.00 bits per heavy atom. The number of hydrogen-bond acceptors (Lipinski definition) is 3. The molecule has 0 aliphatic carbocycles. The van der Waals surface area contributed by atoms with Gasteiger partial charge in [0.25, 0.3) is 0 Å². The van der Waals surface area contributed by atoms with Crippen LogP contribution >= 0.6 is 11.6 Å². The fourth-order valence-electron chi connectivity index (χ4n) is 3.30. The average molecular weight is 425 g/mol. The fourth-order valence-corrected chi connectivity index (χ4v) is 4.93. The number of sulfonamides is 1. The van der Waals surface area contributed by atoms with Crippen molar-refractivity contribution in [2.75, 3.05) is 26.2 Å². The van der Waals surface area contributed by atoms with Crippen molar-refractivity contribution in [3.63, 3.8) is 0 Å². The first-order valence-corrected chi connectivity index (χ1v) is 11.2. The van der Waals surface area contributed by atoms with Crippen molar-refractivity contribution in [3.05, 3.63) is 64.4 Å². The zero-order chi connectivity index (χ0) is 20.5. The third-order valence-corrected chi connectivity index (χ3v) is 7.28. The van der Waals surface area contributed by atoms with Crippen molar-refractivity contribution in [1.82, 2.24) is 9.21 Å². The van der Waals surface area contributed by atoms with Gasteiger partial charge >= 0.3 is 0 Å². The summed E-state index contributed by atoms with van der Waals surface area (Å²) >= 11 is 5.84. The Bertz CT molecular complexity index is 932.